The Morgan fingerprint density at radius 2 is 2.36 bits per heavy atom. The van der Waals surface area contributed by atoms with Gasteiger partial charge in [-0.25, -0.2) is 0 Å². The minimum absolute atomic E-state index is 0.0173. The quantitative estimate of drug-likeness (QED) is 0.592. The molecule has 0 amide bonds. The fourth-order valence-corrected chi connectivity index (χ4v) is 1.16. The second-order valence-corrected chi connectivity index (χ2v) is 3.22. The number of aliphatic hydroxyl groups is 1. The van der Waals surface area contributed by atoms with Gasteiger partial charge < -0.3 is 16.2 Å². The lowest BCUT2D eigenvalue weighted by molar-refractivity contribution is 0.274. The molecule has 1 heterocycles. The van der Waals surface area contributed by atoms with Gasteiger partial charge in [-0.05, 0) is 18.6 Å². The fourth-order valence-electron chi connectivity index (χ4n) is 1.16. The maximum absolute atomic E-state index is 8.63. The predicted molar refractivity (Wildman–Crippen MR) is 55.6 cm³/mol. The molecule has 0 aromatic carbocycles. The summed E-state index contributed by atoms with van der Waals surface area (Å²) < 4.78 is 0. The number of aliphatic hydroxyl groups excluding tert-OH is 1. The van der Waals surface area contributed by atoms with Crippen LogP contribution in [0.2, 0.25) is 0 Å². The second kappa shape index (κ2) is 6.48. The monoisotopic (exact) mass is 195 g/mol. The maximum Gasteiger partial charge on any atom is 0.0541 e. The summed E-state index contributed by atoms with van der Waals surface area (Å²) in [6.45, 7) is 1.57. The van der Waals surface area contributed by atoms with Crippen molar-refractivity contribution in [2.24, 2.45) is 5.73 Å². The number of nitrogens with zero attached hydrogens (tertiary/aromatic N) is 1. The third-order valence-electron chi connectivity index (χ3n) is 1.94. The van der Waals surface area contributed by atoms with Crippen LogP contribution in [0.1, 0.15) is 12.1 Å². The van der Waals surface area contributed by atoms with Gasteiger partial charge in [-0.3, -0.25) is 4.98 Å². The number of hydrogen-bond acceptors (Lipinski definition) is 4. The first kappa shape index (κ1) is 11.1. The number of hydrogen-bond donors (Lipinski definition) is 3. The Morgan fingerprint density at radius 3 is 3.00 bits per heavy atom. The van der Waals surface area contributed by atoms with E-state index in [-0.39, 0.29) is 12.6 Å². The van der Waals surface area contributed by atoms with Crippen molar-refractivity contribution in [1.29, 1.82) is 0 Å². The van der Waals surface area contributed by atoms with E-state index in [2.05, 4.69) is 10.3 Å². The zero-order valence-electron chi connectivity index (χ0n) is 8.19. The minimum atomic E-state index is 0.0173. The highest BCUT2D eigenvalue weighted by Crippen LogP contribution is 1.92. The second-order valence-electron chi connectivity index (χ2n) is 3.22. The van der Waals surface area contributed by atoms with E-state index in [9.17, 15) is 0 Å². The molecule has 0 spiro atoms. The van der Waals surface area contributed by atoms with Crippen LogP contribution in [0.25, 0.3) is 0 Å². The van der Waals surface area contributed by atoms with Crippen molar-refractivity contribution in [3.63, 3.8) is 0 Å². The predicted octanol–water partition coefficient (Wildman–Crippen LogP) is -0.119. The normalized spacial score (nSPS) is 12.7. The van der Waals surface area contributed by atoms with Crippen LogP contribution >= 0.6 is 0 Å². The van der Waals surface area contributed by atoms with Crippen molar-refractivity contribution < 1.29 is 5.11 Å². The van der Waals surface area contributed by atoms with Crippen molar-refractivity contribution in [1.82, 2.24) is 10.3 Å². The van der Waals surface area contributed by atoms with Crippen LogP contribution in [0, 0.1) is 0 Å². The molecule has 0 saturated carbocycles. The Bertz CT molecular complexity index is 240. The first-order valence-corrected chi connectivity index (χ1v) is 4.80. The van der Waals surface area contributed by atoms with Crippen LogP contribution < -0.4 is 11.1 Å². The SMILES string of the molecule is NC(CCO)CNCc1ccccn1. The van der Waals surface area contributed by atoms with Gasteiger partial charge in [0, 0.05) is 31.9 Å². The minimum Gasteiger partial charge on any atom is -0.396 e. The molecular weight excluding hydrogens is 178 g/mol. The van der Waals surface area contributed by atoms with E-state index in [1.165, 1.54) is 0 Å². The molecule has 1 atom stereocenters. The molecule has 1 aromatic heterocycles. The molecule has 1 rings (SSSR count). The third-order valence-corrected chi connectivity index (χ3v) is 1.94. The summed E-state index contributed by atoms with van der Waals surface area (Å²) in [5.74, 6) is 0. The molecule has 0 radical (unpaired) electrons. The van der Waals surface area contributed by atoms with Gasteiger partial charge >= 0.3 is 0 Å². The smallest absolute Gasteiger partial charge is 0.0541 e. The van der Waals surface area contributed by atoms with E-state index in [0.717, 1.165) is 12.2 Å². The van der Waals surface area contributed by atoms with Gasteiger partial charge in [0.2, 0.25) is 0 Å². The lowest BCUT2D eigenvalue weighted by atomic mass is 10.2. The van der Waals surface area contributed by atoms with Crippen LogP contribution in [0.3, 0.4) is 0 Å². The lowest BCUT2D eigenvalue weighted by Gasteiger charge is -2.10. The highest BCUT2D eigenvalue weighted by molar-refractivity contribution is 5.02. The Hall–Kier alpha value is -0.970. The van der Waals surface area contributed by atoms with E-state index in [0.29, 0.717) is 13.0 Å². The summed E-state index contributed by atoms with van der Waals surface area (Å²) in [7, 11) is 0. The summed E-state index contributed by atoms with van der Waals surface area (Å²) in [6, 6.07) is 5.83. The summed E-state index contributed by atoms with van der Waals surface area (Å²) >= 11 is 0. The zero-order valence-corrected chi connectivity index (χ0v) is 8.19. The van der Waals surface area contributed by atoms with Crippen LogP contribution in [-0.4, -0.2) is 29.3 Å². The van der Waals surface area contributed by atoms with Crippen LogP contribution in [-0.2, 0) is 6.54 Å². The Morgan fingerprint density at radius 1 is 1.50 bits per heavy atom. The van der Waals surface area contributed by atoms with Crippen molar-refractivity contribution in [3.05, 3.63) is 30.1 Å². The van der Waals surface area contributed by atoms with Gasteiger partial charge in [-0.1, -0.05) is 6.07 Å². The number of rotatable bonds is 6. The molecule has 1 unspecified atom stereocenters. The fraction of sp³-hybridized carbons (Fsp3) is 0.500. The maximum atomic E-state index is 8.63. The van der Waals surface area contributed by atoms with Crippen LogP contribution in [0.4, 0.5) is 0 Å². The third kappa shape index (κ3) is 4.32. The van der Waals surface area contributed by atoms with Crippen molar-refractivity contribution in [3.8, 4) is 0 Å². The molecular formula is C10H17N3O. The molecule has 4 N–H and O–H groups in total. The molecule has 4 nitrogen and oxygen atoms in total. The summed E-state index contributed by atoms with van der Waals surface area (Å²) in [6.07, 6.45) is 2.40. The van der Waals surface area contributed by atoms with E-state index in [4.69, 9.17) is 10.8 Å². The van der Waals surface area contributed by atoms with E-state index >= 15 is 0 Å². The number of nitrogens with two attached hydrogens (primary N) is 1. The average molecular weight is 195 g/mol. The zero-order chi connectivity index (χ0) is 10.2. The van der Waals surface area contributed by atoms with Gasteiger partial charge in [-0.15, -0.1) is 0 Å². The first-order chi connectivity index (χ1) is 6.83. The molecule has 0 saturated heterocycles. The number of aromatic nitrogens is 1. The number of pyridine rings is 1. The van der Waals surface area contributed by atoms with Crippen molar-refractivity contribution in [2.75, 3.05) is 13.2 Å². The molecule has 0 aliphatic heterocycles. The van der Waals surface area contributed by atoms with Crippen LogP contribution in [0.15, 0.2) is 24.4 Å². The molecule has 0 aliphatic carbocycles. The van der Waals surface area contributed by atoms with Gasteiger partial charge in [0.15, 0.2) is 0 Å². The van der Waals surface area contributed by atoms with E-state index < -0.39 is 0 Å². The topological polar surface area (TPSA) is 71.2 Å². The Kier molecular flexibility index (Phi) is 5.14. The molecule has 0 aliphatic rings. The molecule has 0 fully saturated rings. The average Bonchev–Trinajstić information content (AvgIpc) is 2.20. The summed E-state index contributed by atoms with van der Waals surface area (Å²) in [5.41, 5.74) is 6.71. The van der Waals surface area contributed by atoms with Crippen LogP contribution in [0.5, 0.6) is 0 Å². The van der Waals surface area contributed by atoms with Gasteiger partial charge in [0.25, 0.3) is 0 Å². The standard InChI is InChI=1S/C10H17N3O/c11-9(4-6-14)7-12-8-10-3-1-2-5-13-10/h1-3,5,9,12,14H,4,6-8,11H2. The van der Waals surface area contributed by atoms with Crippen molar-refractivity contribution >= 4 is 0 Å². The Labute approximate surface area is 84.2 Å². The molecule has 14 heavy (non-hydrogen) atoms. The van der Waals surface area contributed by atoms with E-state index in [1.807, 2.05) is 18.2 Å². The summed E-state index contributed by atoms with van der Waals surface area (Å²) in [5, 5.41) is 11.8. The largest absolute Gasteiger partial charge is 0.396 e. The molecule has 1 aromatic rings. The Balaban J connectivity index is 2.16. The highest BCUT2D eigenvalue weighted by atomic mass is 16.3. The first-order valence-electron chi connectivity index (χ1n) is 4.80. The number of nitrogens with one attached hydrogen (secondary N) is 1. The van der Waals surface area contributed by atoms with Crippen molar-refractivity contribution in [2.45, 2.75) is 19.0 Å². The van der Waals surface area contributed by atoms with Gasteiger partial charge in [0.1, 0.15) is 0 Å². The summed E-state index contributed by atoms with van der Waals surface area (Å²) in [4.78, 5) is 4.17. The van der Waals surface area contributed by atoms with Gasteiger partial charge in [0.05, 0.1) is 5.69 Å². The van der Waals surface area contributed by atoms with E-state index in [1.54, 1.807) is 6.20 Å². The highest BCUT2D eigenvalue weighted by Gasteiger charge is 2.00. The van der Waals surface area contributed by atoms with Gasteiger partial charge in [-0.2, -0.15) is 0 Å². The lowest BCUT2D eigenvalue weighted by Crippen LogP contribution is -2.34. The molecule has 0 bridgehead atoms. The molecule has 78 valence electrons. The molecule has 4 heteroatoms.